The molecular formula is C26H14ClO2P. The Labute approximate surface area is 179 Å². The molecule has 0 bridgehead atoms. The van der Waals surface area contributed by atoms with Crippen LogP contribution in [0.1, 0.15) is 0 Å². The van der Waals surface area contributed by atoms with E-state index in [4.69, 9.17) is 21.1 Å². The lowest BCUT2D eigenvalue weighted by molar-refractivity contribution is 0.472. The predicted octanol–water partition coefficient (Wildman–Crippen LogP) is 6.62. The van der Waals surface area contributed by atoms with E-state index in [0.717, 1.165) is 39.1 Å². The molecule has 2 aliphatic heterocycles. The number of hydrogen-bond donors (Lipinski definition) is 0. The van der Waals surface area contributed by atoms with Gasteiger partial charge in [0, 0.05) is 46.5 Å². The molecule has 5 aromatic rings. The van der Waals surface area contributed by atoms with Gasteiger partial charge in [0.2, 0.25) is 0 Å². The number of fused-ring (bicyclic) bond motifs is 8. The van der Waals surface area contributed by atoms with Crippen LogP contribution in [0.5, 0.6) is 23.0 Å². The van der Waals surface area contributed by atoms with E-state index in [1.165, 1.54) is 21.4 Å². The van der Waals surface area contributed by atoms with Crippen LogP contribution in [-0.4, -0.2) is 0 Å². The van der Waals surface area contributed by atoms with E-state index in [9.17, 15) is 0 Å². The van der Waals surface area contributed by atoms with Gasteiger partial charge < -0.3 is 9.47 Å². The summed E-state index contributed by atoms with van der Waals surface area (Å²) in [6, 6.07) is 29.4. The Morgan fingerprint density at radius 3 is 1.63 bits per heavy atom. The average molecular weight is 425 g/mol. The van der Waals surface area contributed by atoms with Gasteiger partial charge in [-0.2, -0.15) is 0 Å². The fourth-order valence-corrected chi connectivity index (χ4v) is 7.33. The summed E-state index contributed by atoms with van der Waals surface area (Å²) in [4.78, 5) is 0. The lowest BCUT2D eigenvalue weighted by atomic mass is 10.1. The maximum absolute atomic E-state index is 6.47. The minimum Gasteiger partial charge on any atom is -0.455 e. The Morgan fingerprint density at radius 2 is 1.10 bits per heavy atom. The normalized spacial score (nSPS) is 13.9. The molecule has 0 aromatic heterocycles. The number of halogens is 1. The monoisotopic (exact) mass is 424 g/mol. The first-order chi connectivity index (χ1) is 14.8. The highest BCUT2D eigenvalue weighted by molar-refractivity contribution is 7.80. The molecule has 7 rings (SSSR count). The molecule has 2 heterocycles. The van der Waals surface area contributed by atoms with Crippen LogP contribution in [-0.2, 0) is 0 Å². The van der Waals surface area contributed by atoms with Crippen LogP contribution in [0.15, 0.2) is 84.9 Å². The predicted molar refractivity (Wildman–Crippen MR) is 125 cm³/mol. The average Bonchev–Trinajstić information content (AvgIpc) is 2.78. The van der Waals surface area contributed by atoms with E-state index < -0.39 is 7.92 Å². The van der Waals surface area contributed by atoms with Gasteiger partial charge >= 0.3 is 0 Å². The molecule has 0 aliphatic carbocycles. The molecule has 5 aromatic carbocycles. The summed E-state index contributed by atoms with van der Waals surface area (Å²) in [7, 11) is -0.819. The van der Waals surface area contributed by atoms with Crippen LogP contribution in [0, 0.1) is 0 Å². The summed E-state index contributed by atoms with van der Waals surface area (Å²) in [5, 5.41) is 8.76. The van der Waals surface area contributed by atoms with Crippen molar-refractivity contribution in [2.24, 2.45) is 0 Å². The highest BCUT2D eigenvalue weighted by Gasteiger charge is 2.38. The van der Waals surface area contributed by atoms with Crippen LogP contribution in [0.3, 0.4) is 0 Å². The third-order valence-corrected chi connectivity index (χ3v) is 8.63. The van der Waals surface area contributed by atoms with Crippen LogP contribution >= 0.6 is 19.5 Å². The van der Waals surface area contributed by atoms with Crippen LogP contribution in [0.2, 0.25) is 5.02 Å². The molecule has 4 heteroatoms. The zero-order chi connectivity index (χ0) is 19.8. The number of ether oxygens (including phenoxy) is 2. The van der Waals surface area contributed by atoms with Crippen molar-refractivity contribution < 1.29 is 9.47 Å². The molecule has 0 amide bonds. The number of rotatable bonds is 0. The van der Waals surface area contributed by atoms with E-state index in [2.05, 4.69) is 72.8 Å². The number of benzene rings is 5. The second kappa shape index (κ2) is 5.98. The SMILES string of the molecule is Clc1cc2c3c(c1)Oc1c(ccc4ccccc14)P3c1ccc3ccccc3c1O2. The smallest absolute Gasteiger partial charge is 0.143 e. The summed E-state index contributed by atoms with van der Waals surface area (Å²) in [5.74, 6) is 3.46. The quantitative estimate of drug-likeness (QED) is 0.255. The lowest BCUT2D eigenvalue weighted by Crippen LogP contribution is -2.32. The van der Waals surface area contributed by atoms with Gasteiger partial charge in [-0.15, -0.1) is 0 Å². The minimum atomic E-state index is -0.819. The second-order valence-electron chi connectivity index (χ2n) is 7.56. The molecule has 0 unspecified atom stereocenters. The van der Waals surface area contributed by atoms with Crippen molar-refractivity contribution in [3.8, 4) is 23.0 Å². The third-order valence-electron chi connectivity index (χ3n) is 5.85. The van der Waals surface area contributed by atoms with E-state index >= 15 is 0 Å². The molecule has 30 heavy (non-hydrogen) atoms. The Bertz CT molecular complexity index is 1410. The molecule has 0 spiro atoms. The summed E-state index contributed by atoms with van der Waals surface area (Å²) in [6.45, 7) is 0. The maximum Gasteiger partial charge on any atom is 0.143 e. The molecule has 0 fully saturated rings. The summed E-state index contributed by atoms with van der Waals surface area (Å²) >= 11 is 6.47. The van der Waals surface area contributed by atoms with Crippen LogP contribution < -0.4 is 25.4 Å². The van der Waals surface area contributed by atoms with Gasteiger partial charge in [0.15, 0.2) is 0 Å². The minimum absolute atomic E-state index is 0.617. The van der Waals surface area contributed by atoms with E-state index in [0.29, 0.717) is 5.02 Å². The van der Waals surface area contributed by atoms with Gasteiger partial charge in [0.25, 0.3) is 0 Å². The van der Waals surface area contributed by atoms with Crippen molar-refractivity contribution in [1.82, 2.24) is 0 Å². The second-order valence-corrected chi connectivity index (χ2v) is 10.1. The maximum atomic E-state index is 6.47. The topological polar surface area (TPSA) is 18.5 Å². The van der Waals surface area contributed by atoms with Crippen molar-refractivity contribution in [2.75, 3.05) is 0 Å². The fourth-order valence-electron chi connectivity index (χ4n) is 4.55. The molecule has 0 radical (unpaired) electrons. The van der Waals surface area contributed by atoms with Gasteiger partial charge in [-0.1, -0.05) is 72.3 Å². The highest BCUT2D eigenvalue weighted by atomic mass is 35.5. The van der Waals surface area contributed by atoms with Crippen LogP contribution in [0.4, 0.5) is 0 Å². The standard InChI is InChI=1S/C26H14ClO2P/c27-17-13-20-26-21(14-17)29-25-19-8-4-2-6-16(19)10-12-23(25)30(26)22-11-9-15-5-1-3-7-18(15)24(22)28-20/h1-14H. The van der Waals surface area contributed by atoms with Gasteiger partial charge in [-0.05, 0) is 22.9 Å². The molecular weight excluding hydrogens is 411 g/mol. The van der Waals surface area contributed by atoms with Gasteiger partial charge in [-0.3, -0.25) is 0 Å². The highest BCUT2D eigenvalue weighted by Crippen LogP contribution is 2.55. The van der Waals surface area contributed by atoms with Gasteiger partial charge in [0.1, 0.15) is 23.0 Å². The largest absolute Gasteiger partial charge is 0.455 e. The van der Waals surface area contributed by atoms with Crippen molar-refractivity contribution >= 4 is 57.0 Å². The van der Waals surface area contributed by atoms with Gasteiger partial charge in [0.05, 0.1) is 5.30 Å². The molecule has 0 N–H and O–H groups in total. The number of hydrogen-bond acceptors (Lipinski definition) is 2. The van der Waals surface area contributed by atoms with Crippen LogP contribution in [0.25, 0.3) is 21.5 Å². The zero-order valence-corrected chi connectivity index (χ0v) is 17.4. The Morgan fingerprint density at radius 1 is 0.600 bits per heavy atom. The van der Waals surface area contributed by atoms with Crippen molar-refractivity contribution in [3.05, 3.63) is 90.0 Å². The first-order valence-corrected chi connectivity index (χ1v) is 11.5. The molecule has 0 saturated heterocycles. The molecule has 0 saturated carbocycles. The Kier molecular flexibility index (Phi) is 3.33. The zero-order valence-electron chi connectivity index (χ0n) is 15.7. The first kappa shape index (κ1) is 16.7. The van der Waals surface area contributed by atoms with Crippen molar-refractivity contribution in [1.29, 1.82) is 0 Å². The third kappa shape index (κ3) is 2.18. The Balaban J connectivity index is 1.61. The summed E-state index contributed by atoms with van der Waals surface area (Å²) in [5.41, 5.74) is 0. The molecule has 142 valence electrons. The molecule has 2 nitrogen and oxygen atoms in total. The molecule has 0 atom stereocenters. The lowest BCUT2D eigenvalue weighted by Gasteiger charge is -2.35. The molecule has 2 aliphatic rings. The van der Waals surface area contributed by atoms with E-state index in [1.807, 2.05) is 12.1 Å². The first-order valence-electron chi connectivity index (χ1n) is 9.81. The fraction of sp³-hybridized carbons (Fsp3) is 0. The van der Waals surface area contributed by atoms with E-state index in [-0.39, 0.29) is 0 Å². The van der Waals surface area contributed by atoms with Crippen molar-refractivity contribution in [2.45, 2.75) is 0 Å². The Hall–Kier alpha value is -3.06. The van der Waals surface area contributed by atoms with Crippen molar-refractivity contribution in [3.63, 3.8) is 0 Å². The van der Waals surface area contributed by atoms with E-state index in [1.54, 1.807) is 0 Å². The summed E-state index contributed by atoms with van der Waals surface area (Å²) < 4.78 is 12.9. The van der Waals surface area contributed by atoms with Gasteiger partial charge in [-0.25, -0.2) is 0 Å². The summed E-state index contributed by atoms with van der Waals surface area (Å²) in [6.07, 6.45) is 0.